The number of benzene rings is 1. The summed E-state index contributed by atoms with van der Waals surface area (Å²) in [5.41, 5.74) is 0. The molecule has 1 aromatic rings. The molecule has 0 bridgehead atoms. The lowest BCUT2D eigenvalue weighted by Crippen LogP contribution is -1.87. The third-order valence-electron chi connectivity index (χ3n) is 1.13. The molecule has 0 amide bonds. The molecule has 0 aliphatic heterocycles. The lowest BCUT2D eigenvalue weighted by atomic mass is 10.3. The van der Waals surface area contributed by atoms with Crippen LogP contribution in [0.3, 0.4) is 0 Å². The van der Waals surface area contributed by atoms with Crippen LogP contribution in [0.4, 0.5) is 4.39 Å². The predicted octanol–water partition coefficient (Wildman–Crippen LogP) is 1.56. The summed E-state index contributed by atoms with van der Waals surface area (Å²) >= 11 is 2.87. The molecule has 1 rings (SSSR count). The number of rotatable bonds is 1. The second-order valence-corrected chi connectivity index (χ2v) is 3.68. The highest BCUT2D eigenvalue weighted by Gasteiger charge is 2.06. The molecule has 5 heteroatoms. The Labute approximate surface area is 73.1 Å². The van der Waals surface area contributed by atoms with Crippen LogP contribution in [-0.2, 0) is 10.7 Å². The molecule has 0 atom stereocenters. The van der Waals surface area contributed by atoms with Gasteiger partial charge in [-0.05, 0) is 28.1 Å². The standard InChI is InChI=1S/C6H4BrFO2S/c7-4-2-1-3-5(6(4)8)11(9)10/h1-3,11H. The maximum absolute atomic E-state index is 12.8. The zero-order valence-corrected chi connectivity index (χ0v) is 7.73. The van der Waals surface area contributed by atoms with Crippen LogP contribution in [0.25, 0.3) is 0 Å². The van der Waals surface area contributed by atoms with E-state index in [1.165, 1.54) is 18.2 Å². The highest BCUT2D eigenvalue weighted by molar-refractivity contribution is 9.10. The van der Waals surface area contributed by atoms with Crippen LogP contribution in [-0.4, -0.2) is 8.42 Å². The molecule has 0 aliphatic carbocycles. The fraction of sp³-hybridized carbons (Fsp3) is 0. The van der Waals surface area contributed by atoms with Crippen molar-refractivity contribution in [3.8, 4) is 0 Å². The Morgan fingerprint density at radius 1 is 1.36 bits per heavy atom. The Morgan fingerprint density at radius 3 is 2.45 bits per heavy atom. The second-order valence-electron chi connectivity index (χ2n) is 1.83. The molecule has 60 valence electrons. The van der Waals surface area contributed by atoms with Crippen molar-refractivity contribution in [3.05, 3.63) is 28.5 Å². The number of halogens is 2. The minimum atomic E-state index is -2.84. The van der Waals surface area contributed by atoms with Crippen LogP contribution >= 0.6 is 15.9 Å². The van der Waals surface area contributed by atoms with Gasteiger partial charge in [0.1, 0.15) is 4.90 Å². The van der Waals surface area contributed by atoms with Crippen molar-refractivity contribution in [1.82, 2.24) is 0 Å². The van der Waals surface area contributed by atoms with Crippen LogP contribution in [0, 0.1) is 5.82 Å². The van der Waals surface area contributed by atoms with E-state index in [9.17, 15) is 12.8 Å². The van der Waals surface area contributed by atoms with Gasteiger partial charge in [0.15, 0.2) is 16.5 Å². The van der Waals surface area contributed by atoms with E-state index in [-0.39, 0.29) is 9.37 Å². The quantitative estimate of drug-likeness (QED) is 0.754. The van der Waals surface area contributed by atoms with E-state index in [4.69, 9.17) is 0 Å². The maximum atomic E-state index is 12.8. The smallest absolute Gasteiger partial charge is 0.171 e. The molecule has 2 nitrogen and oxygen atoms in total. The summed E-state index contributed by atoms with van der Waals surface area (Å²) in [5, 5.41) is 0. The first-order valence-electron chi connectivity index (χ1n) is 2.71. The summed E-state index contributed by atoms with van der Waals surface area (Å²) in [6.07, 6.45) is 0. The van der Waals surface area contributed by atoms with Gasteiger partial charge in [0.2, 0.25) is 0 Å². The van der Waals surface area contributed by atoms with Crippen molar-refractivity contribution in [2.24, 2.45) is 0 Å². The van der Waals surface area contributed by atoms with E-state index in [1.54, 1.807) is 0 Å². The molecule has 0 fully saturated rings. The summed E-state index contributed by atoms with van der Waals surface area (Å²) in [4.78, 5) is -0.283. The third kappa shape index (κ3) is 1.78. The van der Waals surface area contributed by atoms with Crippen LogP contribution < -0.4 is 0 Å². The van der Waals surface area contributed by atoms with Crippen LogP contribution in [0.1, 0.15) is 0 Å². The molecule has 1 aromatic carbocycles. The molecule has 0 saturated heterocycles. The summed E-state index contributed by atoms with van der Waals surface area (Å²) < 4.78 is 33.7. The fourth-order valence-electron chi connectivity index (χ4n) is 0.633. The van der Waals surface area contributed by atoms with Crippen molar-refractivity contribution in [2.45, 2.75) is 4.90 Å². The van der Waals surface area contributed by atoms with Gasteiger partial charge in [-0.25, -0.2) is 12.8 Å². The topological polar surface area (TPSA) is 34.1 Å². The number of hydrogen-bond acceptors (Lipinski definition) is 2. The van der Waals surface area contributed by atoms with Crippen LogP contribution in [0.5, 0.6) is 0 Å². The molecular formula is C6H4BrFO2S. The molecule has 0 saturated carbocycles. The molecule has 0 aromatic heterocycles. The van der Waals surface area contributed by atoms with E-state index in [1.807, 2.05) is 0 Å². The average molecular weight is 239 g/mol. The monoisotopic (exact) mass is 238 g/mol. The Balaban J connectivity index is 3.39. The van der Waals surface area contributed by atoms with Gasteiger partial charge in [0.05, 0.1) is 4.47 Å². The minimum Gasteiger partial charge on any atom is -0.227 e. The second kappa shape index (κ2) is 3.32. The highest BCUT2D eigenvalue weighted by atomic mass is 79.9. The Kier molecular flexibility index (Phi) is 2.62. The predicted molar refractivity (Wildman–Crippen MR) is 42.7 cm³/mol. The van der Waals surface area contributed by atoms with E-state index in [0.717, 1.165) is 0 Å². The number of hydrogen-bond donors (Lipinski definition) is 1. The lowest BCUT2D eigenvalue weighted by Gasteiger charge is -1.94. The van der Waals surface area contributed by atoms with Crippen LogP contribution in [0.15, 0.2) is 27.6 Å². The van der Waals surface area contributed by atoms with Crippen molar-refractivity contribution < 1.29 is 12.8 Å². The lowest BCUT2D eigenvalue weighted by molar-refractivity contribution is 0.574. The van der Waals surface area contributed by atoms with Gasteiger partial charge in [-0.3, -0.25) is 0 Å². The average Bonchev–Trinajstić information content (AvgIpc) is 1.94. The van der Waals surface area contributed by atoms with Gasteiger partial charge in [0.25, 0.3) is 0 Å². The van der Waals surface area contributed by atoms with E-state index >= 15 is 0 Å². The van der Waals surface area contributed by atoms with Gasteiger partial charge >= 0.3 is 0 Å². The van der Waals surface area contributed by atoms with Gasteiger partial charge < -0.3 is 0 Å². The Morgan fingerprint density at radius 2 is 2.00 bits per heavy atom. The summed E-state index contributed by atoms with van der Waals surface area (Å²) in [5.74, 6) is -0.733. The molecule has 11 heavy (non-hydrogen) atoms. The van der Waals surface area contributed by atoms with E-state index < -0.39 is 16.5 Å². The molecular weight excluding hydrogens is 235 g/mol. The first-order chi connectivity index (χ1) is 5.13. The molecule has 0 radical (unpaired) electrons. The van der Waals surface area contributed by atoms with Crippen molar-refractivity contribution in [2.75, 3.05) is 0 Å². The highest BCUT2D eigenvalue weighted by Crippen LogP contribution is 2.18. The normalized spacial score (nSPS) is 10.5. The molecule has 0 spiro atoms. The zero-order valence-electron chi connectivity index (χ0n) is 5.25. The summed E-state index contributed by atoms with van der Waals surface area (Å²) in [6.45, 7) is 0. The zero-order chi connectivity index (χ0) is 8.43. The minimum absolute atomic E-state index is 0.161. The fourth-order valence-corrected chi connectivity index (χ4v) is 1.64. The van der Waals surface area contributed by atoms with Gasteiger partial charge in [-0.2, -0.15) is 0 Å². The van der Waals surface area contributed by atoms with Gasteiger partial charge in [-0.15, -0.1) is 0 Å². The maximum Gasteiger partial charge on any atom is 0.171 e. The Hall–Kier alpha value is -0.420. The van der Waals surface area contributed by atoms with Gasteiger partial charge in [0, 0.05) is 0 Å². The van der Waals surface area contributed by atoms with Gasteiger partial charge in [-0.1, -0.05) is 6.07 Å². The molecule has 0 aliphatic rings. The van der Waals surface area contributed by atoms with E-state index in [2.05, 4.69) is 15.9 Å². The first kappa shape index (κ1) is 8.67. The number of thiol groups is 1. The molecule has 0 N–H and O–H groups in total. The largest absolute Gasteiger partial charge is 0.227 e. The first-order valence-corrected chi connectivity index (χ1v) is 4.68. The van der Waals surface area contributed by atoms with Crippen molar-refractivity contribution >= 4 is 26.6 Å². The summed E-state index contributed by atoms with van der Waals surface area (Å²) in [7, 11) is -2.84. The van der Waals surface area contributed by atoms with Crippen molar-refractivity contribution in [1.29, 1.82) is 0 Å². The Bertz CT molecular complexity index is 340. The van der Waals surface area contributed by atoms with Crippen LogP contribution in [0.2, 0.25) is 0 Å². The molecule has 0 heterocycles. The third-order valence-corrected chi connectivity index (χ3v) is 2.48. The van der Waals surface area contributed by atoms with Crippen molar-refractivity contribution in [3.63, 3.8) is 0 Å². The SMILES string of the molecule is O=[SH](=O)c1cccc(Br)c1F. The summed E-state index contributed by atoms with van der Waals surface area (Å²) in [6, 6.07) is 4.12. The van der Waals surface area contributed by atoms with E-state index in [0.29, 0.717) is 0 Å². The molecule has 0 unspecified atom stereocenters.